The molecule has 2 heterocycles. The molecule has 1 fully saturated rings. The first-order valence-corrected chi connectivity index (χ1v) is 9.56. The van der Waals surface area contributed by atoms with Crippen molar-refractivity contribution in [1.82, 2.24) is 14.7 Å². The van der Waals surface area contributed by atoms with Crippen LogP contribution in [0.1, 0.15) is 11.1 Å². The van der Waals surface area contributed by atoms with Crippen LogP contribution in [0, 0.1) is 0 Å². The topological polar surface area (TPSA) is 33.5 Å². The average molecular weight is 360 g/mol. The Morgan fingerprint density at radius 2 is 1.70 bits per heavy atom. The Balaban J connectivity index is 1.26. The number of piperazine rings is 1. The molecule has 5 heteroatoms. The molecule has 3 aromatic rings. The van der Waals surface area contributed by atoms with Crippen molar-refractivity contribution in [2.45, 2.75) is 13.1 Å². The number of hydrogen-bond acceptors (Lipinski definition) is 4. The van der Waals surface area contributed by atoms with E-state index in [2.05, 4.69) is 56.0 Å². The highest BCUT2D eigenvalue weighted by Gasteiger charge is 2.25. The highest BCUT2D eigenvalue weighted by atomic mass is 16.5. The van der Waals surface area contributed by atoms with Crippen LogP contribution >= 0.6 is 0 Å². The first-order valence-electron chi connectivity index (χ1n) is 9.56. The first kappa shape index (κ1) is 16.4. The predicted molar refractivity (Wildman–Crippen MR) is 107 cm³/mol. The average Bonchev–Trinajstić information content (AvgIpc) is 3.28. The summed E-state index contributed by atoms with van der Waals surface area (Å²) >= 11 is 0. The number of methoxy groups -OCH3 is 1. The molecule has 0 spiro atoms. The van der Waals surface area contributed by atoms with Crippen LogP contribution in [0.4, 0.5) is 5.69 Å². The molecule has 0 saturated carbocycles. The molecule has 0 amide bonds. The van der Waals surface area contributed by atoms with Gasteiger partial charge in [-0.2, -0.15) is 5.10 Å². The van der Waals surface area contributed by atoms with Crippen LogP contribution in [0.25, 0.3) is 11.3 Å². The van der Waals surface area contributed by atoms with E-state index in [1.54, 1.807) is 7.11 Å². The summed E-state index contributed by atoms with van der Waals surface area (Å²) in [5.74, 6) is 0.908. The van der Waals surface area contributed by atoms with Gasteiger partial charge in [-0.25, -0.2) is 0 Å². The fraction of sp³-hybridized carbons (Fsp3) is 0.318. The summed E-state index contributed by atoms with van der Waals surface area (Å²) in [6.45, 7) is 5.02. The van der Waals surface area contributed by atoms with Crippen LogP contribution in [0.5, 0.6) is 5.75 Å². The molecule has 1 aromatic heterocycles. The van der Waals surface area contributed by atoms with E-state index >= 15 is 0 Å². The lowest BCUT2D eigenvalue weighted by Crippen LogP contribution is -2.47. The van der Waals surface area contributed by atoms with E-state index in [4.69, 9.17) is 4.74 Å². The van der Waals surface area contributed by atoms with Gasteiger partial charge >= 0.3 is 0 Å². The summed E-state index contributed by atoms with van der Waals surface area (Å²) in [4.78, 5) is 4.94. The second-order valence-corrected chi connectivity index (χ2v) is 7.30. The molecule has 2 aromatic carbocycles. The zero-order valence-corrected chi connectivity index (χ0v) is 15.6. The normalized spacial score (nSPS) is 16.3. The van der Waals surface area contributed by atoms with E-state index < -0.39 is 0 Å². The molecule has 1 saturated heterocycles. The fourth-order valence-corrected chi connectivity index (χ4v) is 4.21. The van der Waals surface area contributed by atoms with Crippen LogP contribution in [-0.2, 0) is 13.1 Å². The minimum Gasteiger partial charge on any atom is -0.497 e. The highest BCUT2D eigenvalue weighted by Crippen LogP contribution is 2.36. The molecule has 0 bridgehead atoms. The Hall–Kier alpha value is -2.79. The van der Waals surface area contributed by atoms with Crippen LogP contribution in [0.3, 0.4) is 0 Å². The maximum Gasteiger partial charge on any atom is 0.119 e. The lowest BCUT2D eigenvalue weighted by Gasteiger charge is -2.36. The second-order valence-electron chi connectivity index (χ2n) is 7.30. The Morgan fingerprint density at radius 3 is 2.48 bits per heavy atom. The molecule has 1 aliphatic carbocycles. The van der Waals surface area contributed by atoms with Crippen molar-refractivity contribution in [2.24, 2.45) is 0 Å². The maximum atomic E-state index is 5.26. The molecular weight excluding hydrogens is 336 g/mol. The van der Waals surface area contributed by atoms with E-state index in [0.717, 1.165) is 45.0 Å². The number of aromatic nitrogens is 2. The predicted octanol–water partition coefficient (Wildman–Crippen LogP) is 3.24. The second kappa shape index (κ2) is 6.74. The molecule has 0 unspecified atom stereocenters. The largest absolute Gasteiger partial charge is 0.497 e. The number of ether oxygens (including phenoxy) is 1. The Bertz CT molecular complexity index is 939. The Kier molecular flexibility index (Phi) is 4.09. The lowest BCUT2D eigenvalue weighted by atomic mass is 10.1. The van der Waals surface area contributed by atoms with Gasteiger partial charge < -0.3 is 9.64 Å². The summed E-state index contributed by atoms with van der Waals surface area (Å²) in [6.07, 6.45) is 3.06. The minimum absolute atomic E-state index is 0.861. The minimum atomic E-state index is 0.861. The molecule has 5 nitrogen and oxygen atoms in total. The first-order chi connectivity index (χ1) is 13.3. The number of anilines is 1. The van der Waals surface area contributed by atoms with Gasteiger partial charge in [-0.3, -0.25) is 9.58 Å². The Labute approximate surface area is 159 Å². The van der Waals surface area contributed by atoms with Gasteiger partial charge in [-0.1, -0.05) is 24.3 Å². The number of fused-ring (bicyclic) bond motifs is 3. The van der Waals surface area contributed by atoms with Crippen LogP contribution in [0.2, 0.25) is 0 Å². The van der Waals surface area contributed by atoms with Crippen LogP contribution in [0.15, 0.2) is 54.7 Å². The third-order valence-corrected chi connectivity index (χ3v) is 5.71. The van der Waals surface area contributed by atoms with Crippen molar-refractivity contribution in [3.05, 3.63) is 65.9 Å². The Morgan fingerprint density at radius 1 is 0.926 bits per heavy atom. The van der Waals surface area contributed by atoms with Crippen LogP contribution in [-0.4, -0.2) is 48.0 Å². The molecule has 0 atom stereocenters. The van der Waals surface area contributed by atoms with Gasteiger partial charge in [0.15, 0.2) is 0 Å². The standard InChI is InChI=1S/C22H24N4O/c1-27-20-8-6-19(7-9-20)25-12-10-24(11-13-25)16-26-22-18(15-23-26)14-17-4-2-3-5-21(17)22/h2-9,15H,10-14,16H2,1H3. The van der Waals surface area contributed by atoms with Gasteiger partial charge in [-0.15, -0.1) is 0 Å². The summed E-state index contributed by atoms with van der Waals surface area (Å²) in [7, 11) is 1.71. The molecule has 5 rings (SSSR count). The number of nitrogens with zero attached hydrogens (tertiary/aromatic N) is 4. The zero-order valence-electron chi connectivity index (χ0n) is 15.6. The summed E-state index contributed by atoms with van der Waals surface area (Å²) < 4.78 is 7.44. The van der Waals surface area contributed by atoms with E-state index in [1.165, 1.54) is 28.1 Å². The van der Waals surface area contributed by atoms with Gasteiger partial charge in [0.25, 0.3) is 0 Å². The van der Waals surface area contributed by atoms with Crippen molar-refractivity contribution in [3.63, 3.8) is 0 Å². The molecule has 2 aliphatic rings. The van der Waals surface area contributed by atoms with E-state index in [9.17, 15) is 0 Å². The van der Waals surface area contributed by atoms with Crippen molar-refractivity contribution < 1.29 is 4.74 Å². The van der Waals surface area contributed by atoms with Crippen LogP contribution < -0.4 is 9.64 Å². The number of benzene rings is 2. The highest BCUT2D eigenvalue weighted by molar-refractivity contribution is 5.73. The van der Waals surface area contributed by atoms with E-state index in [-0.39, 0.29) is 0 Å². The molecule has 27 heavy (non-hydrogen) atoms. The van der Waals surface area contributed by atoms with Crippen molar-refractivity contribution in [2.75, 3.05) is 38.2 Å². The third kappa shape index (κ3) is 2.98. The molecule has 1 aliphatic heterocycles. The van der Waals surface area contributed by atoms with E-state index in [0.29, 0.717) is 0 Å². The number of rotatable bonds is 4. The fourth-order valence-electron chi connectivity index (χ4n) is 4.21. The third-order valence-electron chi connectivity index (χ3n) is 5.71. The van der Waals surface area contributed by atoms with E-state index in [1.807, 2.05) is 18.3 Å². The molecule has 0 N–H and O–H groups in total. The smallest absolute Gasteiger partial charge is 0.119 e. The van der Waals surface area contributed by atoms with Gasteiger partial charge in [0.2, 0.25) is 0 Å². The van der Waals surface area contributed by atoms with Gasteiger partial charge in [-0.05, 0) is 29.8 Å². The van der Waals surface area contributed by atoms with Gasteiger partial charge in [0.1, 0.15) is 5.75 Å². The van der Waals surface area contributed by atoms with Crippen molar-refractivity contribution >= 4 is 5.69 Å². The van der Waals surface area contributed by atoms with Gasteiger partial charge in [0.05, 0.1) is 25.7 Å². The zero-order chi connectivity index (χ0) is 18.2. The number of hydrogen-bond donors (Lipinski definition) is 0. The van der Waals surface area contributed by atoms with Crippen molar-refractivity contribution in [1.29, 1.82) is 0 Å². The molecule has 138 valence electrons. The maximum absolute atomic E-state index is 5.26. The summed E-state index contributed by atoms with van der Waals surface area (Å²) in [5, 5.41) is 4.67. The van der Waals surface area contributed by atoms with Gasteiger partial charge in [0, 0.05) is 49.4 Å². The quantitative estimate of drug-likeness (QED) is 0.559. The van der Waals surface area contributed by atoms with Crippen molar-refractivity contribution in [3.8, 4) is 17.0 Å². The monoisotopic (exact) mass is 360 g/mol. The molecule has 0 radical (unpaired) electrons. The SMILES string of the molecule is COc1ccc(N2CCN(Cn3ncc4c3-c3ccccc3C4)CC2)cc1. The lowest BCUT2D eigenvalue weighted by molar-refractivity contribution is 0.197. The summed E-state index contributed by atoms with van der Waals surface area (Å²) in [6, 6.07) is 17.1. The summed E-state index contributed by atoms with van der Waals surface area (Å²) in [5.41, 5.74) is 6.70. The molecular formula is C22H24N4O.